The zero-order valence-electron chi connectivity index (χ0n) is 16.8. The van der Waals surface area contributed by atoms with Crippen LogP contribution in [0.5, 0.6) is 5.75 Å². The summed E-state index contributed by atoms with van der Waals surface area (Å²) in [6.45, 7) is 2.29. The molecular weight excluding hydrogens is 352 g/mol. The quantitative estimate of drug-likeness (QED) is 0.639. The molecule has 2 aromatic rings. The van der Waals surface area contributed by atoms with Crippen molar-refractivity contribution in [1.29, 1.82) is 0 Å². The Morgan fingerprint density at radius 1 is 1.18 bits per heavy atom. The number of para-hydroxylation sites is 1. The number of aliphatic imine (C=N–C) groups is 1. The van der Waals surface area contributed by atoms with Crippen molar-refractivity contribution in [1.82, 2.24) is 15.1 Å². The van der Waals surface area contributed by atoms with Gasteiger partial charge in [-0.15, -0.1) is 0 Å². The highest BCUT2D eigenvalue weighted by Gasteiger charge is 2.20. The number of carbonyl (C=O) groups is 1. The maximum atomic E-state index is 12.7. The third-order valence-corrected chi connectivity index (χ3v) is 5.05. The van der Waals surface area contributed by atoms with Crippen LogP contribution in [-0.2, 0) is 24.3 Å². The minimum Gasteiger partial charge on any atom is -0.496 e. The minimum atomic E-state index is 0.0846. The van der Waals surface area contributed by atoms with E-state index < -0.39 is 0 Å². The van der Waals surface area contributed by atoms with E-state index in [1.54, 1.807) is 14.2 Å². The van der Waals surface area contributed by atoms with Crippen LogP contribution in [0.3, 0.4) is 0 Å². The van der Waals surface area contributed by atoms with Crippen LogP contribution >= 0.6 is 0 Å². The van der Waals surface area contributed by atoms with Gasteiger partial charge in [0.2, 0.25) is 5.91 Å². The van der Waals surface area contributed by atoms with Crippen molar-refractivity contribution in [2.24, 2.45) is 4.99 Å². The number of carbonyl (C=O) groups excluding carboxylic acids is 1. The Morgan fingerprint density at radius 3 is 2.64 bits per heavy atom. The Bertz CT molecular complexity index is 850. The SMILES string of the molecule is CN=C(NCC(=O)N1CCc2ccccc2C1)N(C)Cc1ccccc1OC. The number of rotatable bonds is 5. The summed E-state index contributed by atoms with van der Waals surface area (Å²) in [5.41, 5.74) is 3.64. The van der Waals surface area contributed by atoms with E-state index in [-0.39, 0.29) is 12.5 Å². The number of benzene rings is 2. The average molecular weight is 380 g/mol. The van der Waals surface area contributed by atoms with Crippen molar-refractivity contribution in [3.8, 4) is 5.75 Å². The summed E-state index contributed by atoms with van der Waals surface area (Å²) in [4.78, 5) is 20.9. The van der Waals surface area contributed by atoms with Crippen LogP contribution in [0.1, 0.15) is 16.7 Å². The summed E-state index contributed by atoms with van der Waals surface area (Å²) in [6, 6.07) is 16.2. The predicted octanol–water partition coefficient (Wildman–Crippen LogP) is 2.29. The molecule has 148 valence electrons. The van der Waals surface area contributed by atoms with Gasteiger partial charge < -0.3 is 19.9 Å². The maximum absolute atomic E-state index is 12.7. The lowest BCUT2D eigenvalue weighted by molar-refractivity contribution is -0.130. The number of nitrogens with one attached hydrogen (secondary N) is 1. The number of guanidine groups is 1. The van der Waals surface area contributed by atoms with Gasteiger partial charge in [-0.3, -0.25) is 9.79 Å². The van der Waals surface area contributed by atoms with E-state index in [9.17, 15) is 4.79 Å². The molecule has 2 aromatic carbocycles. The largest absolute Gasteiger partial charge is 0.496 e. The topological polar surface area (TPSA) is 57.2 Å². The molecule has 1 amide bonds. The number of nitrogens with zero attached hydrogens (tertiary/aromatic N) is 3. The smallest absolute Gasteiger partial charge is 0.242 e. The van der Waals surface area contributed by atoms with E-state index in [1.165, 1.54) is 11.1 Å². The molecule has 0 unspecified atom stereocenters. The maximum Gasteiger partial charge on any atom is 0.242 e. The van der Waals surface area contributed by atoms with Crippen LogP contribution in [0.4, 0.5) is 0 Å². The van der Waals surface area contributed by atoms with Crippen molar-refractivity contribution in [2.75, 3.05) is 34.3 Å². The molecule has 0 atom stereocenters. The van der Waals surface area contributed by atoms with Crippen molar-refractivity contribution in [2.45, 2.75) is 19.5 Å². The second kappa shape index (κ2) is 9.26. The Hall–Kier alpha value is -3.02. The highest BCUT2D eigenvalue weighted by atomic mass is 16.5. The minimum absolute atomic E-state index is 0.0846. The lowest BCUT2D eigenvalue weighted by Gasteiger charge is -2.30. The third-order valence-electron chi connectivity index (χ3n) is 5.05. The molecule has 0 saturated heterocycles. The Labute approximate surface area is 166 Å². The number of fused-ring (bicyclic) bond motifs is 1. The van der Waals surface area contributed by atoms with Crippen molar-refractivity contribution < 1.29 is 9.53 Å². The zero-order chi connectivity index (χ0) is 19.9. The fraction of sp³-hybridized carbons (Fsp3) is 0.364. The first-order valence-corrected chi connectivity index (χ1v) is 9.50. The summed E-state index contributed by atoms with van der Waals surface area (Å²) in [5.74, 6) is 1.60. The van der Waals surface area contributed by atoms with Gasteiger partial charge in [0.05, 0.1) is 13.7 Å². The third kappa shape index (κ3) is 4.63. The van der Waals surface area contributed by atoms with Gasteiger partial charge >= 0.3 is 0 Å². The average Bonchev–Trinajstić information content (AvgIpc) is 2.74. The van der Waals surface area contributed by atoms with Crippen LogP contribution in [0, 0.1) is 0 Å². The summed E-state index contributed by atoms with van der Waals surface area (Å²) in [5, 5.41) is 3.19. The molecule has 1 heterocycles. The van der Waals surface area contributed by atoms with Crippen molar-refractivity contribution >= 4 is 11.9 Å². The van der Waals surface area contributed by atoms with Gasteiger partial charge in [0, 0.05) is 39.3 Å². The first-order chi connectivity index (χ1) is 13.6. The fourth-order valence-electron chi connectivity index (χ4n) is 3.52. The number of methoxy groups -OCH3 is 1. The van der Waals surface area contributed by atoms with E-state index in [2.05, 4.69) is 28.5 Å². The molecule has 1 aliphatic rings. The molecule has 0 bridgehead atoms. The molecule has 0 aromatic heterocycles. The van der Waals surface area contributed by atoms with Gasteiger partial charge in [-0.2, -0.15) is 0 Å². The van der Waals surface area contributed by atoms with Crippen molar-refractivity contribution in [3.05, 3.63) is 65.2 Å². The molecule has 0 spiro atoms. The number of hydrogen-bond acceptors (Lipinski definition) is 3. The monoisotopic (exact) mass is 380 g/mol. The van der Waals surface area contributed by atoms with Gasteiger partial charge in [0.1, 0.15) is 5.75 Å². The van der Waals surface area contributed by atoms with Gasteiger partial charge in [0.15, 0.2) is 5.96 Å². The molecule has 0 aliphatic carbocycles. The molecule has 0 radical (unpaired) electrons. The molecule has 1 N–H and O–H groups in total. The molecule has 3 rings (SSSR count). The first kappa shape index (κ1) is 19.7. The molecule has 1 aliphatic heterocycles. The molecule has 6 nitrogen and oxygen atoms in total. The van der Waals surface area contributed by atoms with E-state index in [4.69, 9.17) is 4.74 Å². The predicted molar refractivity (Wildman–Crippen MR) is 111 cm³/mol. The lowest BCUT2D eigenvalue weighted by atomic mass is 10.00. The number of ether oxygens (including phenoxy) is 1. The Balaban J connectivity index is 1.56. The van der Waals surface area contributed by atoms with E-state index >= 15 is 0 Å². The zero-order valence-corrected chi connectivity index (χ0v) is 16.8. The van der Waals surface area contributed by atoms with Crippen LogP contribution in [0.15, 0.2) is 53.5 Å². The van der Waals surface area contributed by atoms with Gasteiger partial charge in [0.25, 0.3) is 0 Å². The highest BCUT2D eigenvalue weighted by Crippen LogP contribution is 2.19. The van der Waals surface area contributed by atoms with Crippen molar-refractivity contribution in [3.63, 3.8) is 0 Å². The molecule has 28 heavy (non-hydrogen) atoms. The van der Waals surface area contributed by atoms with Gasteiger partial charge in [-0.05, 0) is 23.6 Å². The van der Waals surface area contributed by atoms with Gasteiger partial charge in [-0.25, -0.2) is 0 Å². The van der Waals surface area contributed by atoms with Crippen LogP contribution in [-0.4, -0.2) is 56.0 Å². The highest BCUT2D eigenvalue weighted by molar-refractivity contribution is 5.86. The normalized spacial score (nSPS) is 13.7. The molecule has 0 saturated carbocycles. The van der Waals surface area contributed by atoms with Gasteiger partial charge in [-0.1, -0.05) is 42.5 Å². The number of hydrogen-bond donors (Lipinski definition) is 1. The summed E-state index contributed by atoms with van der Waals surface area (Å²) in [6.07, 6.45) is 0.907. The van der Waals surface area contributed by atoms with Crippen LogP contribution < -0.4 is 10.1 Å². The van der Waals surface area contributed by atoms with E-state index in [0.717, 1.165) is 24.3 Å². The van der Waals surface area contributed by atoms with Crippen LogP contribution in [0.25, 0.3) is 0 Å². The summed E-state index contributed by atoms with van der Waals surface area (Å²) < 4.78 is 5.42. The molecule has 0 fully saturated rings. The Kier molecular flexibility index (Phi) is 6.53. The van der Waals surface area contributed by atoms with E-state index in [1.807, 2.05) is 47.2 Å². The second-order valence-electron chi connectivity index (χ2n) is 6.90. The second-order valence-corrected chi connectivity index (χ2v) is 6.90. The van der Waals surface area contributed by atoms with E-state index in [0.29, 0.717) is 19.0 Å². The summed E-state index contributed by atoms with van der Waals surface area (Å²) in [7, 11) is 5.34. The van der Waals surface area contributed by atoms with Crippen LogP contribution in [0.2, 0.25) is 0 Å². The summed E-state index contributed by atoms with van der Waals surface area (Å²) >= 11 is 0. The molecule has 6 heteroatoms. The Morgan fingerprint density at radius 2 is 1.89 bits per heavy atom. The first-order valence-electron chi connectivity index (χ1n) is 9.50. The standard InChI is InChI=1S/C22H28N4O2/c1-23-22(25(2)15-19-10-6-7-11-20(19)28-3)24-14-21(27)26-13-12-17-8-4-5-9-18(17)16-26/h4-11H,12-16H2,1-3H3,(H,23,24). The lowest BCUT2D eigenvalue weighted by Crippen LogP contribution is -2.46. The molecular formula is C22H28N4O2. The number of amides is 1. The fourth-order valence-corrected chi connectivity index (χ4v) is 3.52.